The lowest BCUT2D eigenvalue weighted by atomic mass is 10.2. The van der Waals surface area contributed by atoms with E-state index in [1.807, 2.05) is 6.92 Å². The van der Waals surface area contributed by atoms with Gasteiger partial charge in [-0.15, -0.1) is 0 Å². The Morgan fingerprint density at radius 1 is 1.22 bits per heavy atom. The van der Waals surface area contributed by atoms with Gasteiger partial charge in [0.2, 0.25) is 15.9 Å². The first-order chi connectivity index (χ1) is 12.6. The van der Waals surface area contributed by atoms with Crippen LogP contribution in [-0.4, -0.2) is 44.3 Å². The van der Waals surface area contributed by atoms with Crippen LogP contribution in [0.4, 0.5) is 11.4 Å². The van der Waals surface area contributed by atoms with Crippen LogP contribution in [0.2, 0.25) is 0 Å². The minimum absolute atomic E-state index is 0.0660. The molecular formula is C17H19N3O6S. The number of likely N-dealkylation sites (N-methyl/N-ethyl adjacent to an activating group) is 1. The Hall–Kier alpha value is -2.98. The van der Waals surface area contributed by atoms with Crippen LogP contribution in [0.15, 0.2) is 47.4 Å². The Labute approximate surface area is 156 Å². The van der Waals surface area contributed by atoms with Crippen LogP contribution in [0.5, 0.6) is 5.75 Å². The number of nitro benzene ring substituents is 1. The number of carbonyl (C=O) groups excluding carboxylic acids is 1. The topological polar surface area (TPSA) is 119 Å². The van der Waals surface area contributed by atoms with Crippen molar-refractivity contribution >= 4 is 27.3 Å². The molecule has 1 amide bonds. The number of methoxy groups -OCH3 is 1. The van der Waals surface area contributed by atoms with Crippen LogP contribution in [-0.2, 0) is 14.8 Å². The fourth-order valence-electron chi connectivity index (χ4n) is 2.27. The second kappa shape index (κ2) is 8.14. The summed E-state index contributed by atoms with van der Waals surface area (Å²) in [4.78, 5) is 22.6. The fourth-order valence-corrected chi connectivity index (χ4v) is 3.40. The molecule has 1 N–H and O–H groups in total. The van der Waals surface area contributed by atoms with Crippen molar-refractivity contribution in [1.29, 1.82) is 0 Å². The molecule has 0 radical (unpaired) electrons. The predicted octanol–water partition coefficient (Wildman–Crippen LogP) is 2.17. The van der Waals surface area contributed by atoms with Crippen LogP contribution in [0.25, 0.3) is 0 Å². The average molecular weight is 393 g/mol. The zero-order chi connectivity index (χ0) is 20.2. The lowest BCUT2D eigenvalue weighted by molar-refractivity contribution is -0.384. The van der Waals surface area contributed by atoms with Crippen molar-refractivity contribution in [1.82, 2.24) is 4.31 Å². The summed E-state index contributed by atoms with van der Waals surface area (Å²) in [7, 11) is -1.22. The molecule has 0 aromatic heterocycles. The molecule has 10 heteroatoms. The number of hydrogen-bond acceptors (Lipinski definition) is 6. The van der Waals surface area contributed by atoms with Crippen molar-refractivity contribution in [3.05, 3.63) is 58.1 Å². The van der Waals surface area contributed by atoms with Crippen molar-refractivity contribution in [3.63, 3.8) is 0 Å². The molecule has 2 rings (SSSR count). The van der Waals surface area contributed by atoms with Gasteiger partial charge in [-0.3, -0.25) is 14.9 Å². The normalized spacial score (nSPS) is 11.3. The average Bonchev–Trinajstić information content (AvgIpc) is 2.61. The van der Waals surface area contributed by atoms with Crippen molar-refractivity contribution in [2.45, 2.75) is 11.8 Å². The molecule has 9 nitrogen and oxygen atoms in total. The highest BCUT2D eigenvalue weighted by atomic mass is 32.2. The minimum atomic E-state index is -3.85. The molecule has 0 fully saturated rings. The van der Waals surface area contributed by atoms with Gasteiger partial charge < -0.3 is 10.1 Å². The van der Waals surface area contributed by atoms with Gasteiger partial charge in [-0.05, 0) is 25.1 Å². The van der Waals surface area contributed by atoms with E-state index in [-0.39, 0.29) is 22.0 Å². The highest BCUT2D eigenvalue weighted by Crippen LogP contribution is 2.28. The summed E-state index contributed by atoms with van der Waals surface area (Å²) in [6.07, 6.45) is 0. The molecular weight excluding hydrogens is 374 g/mol. The molecule has 0 aliphatic heterocycles. The lowest BCUT2D eigenvalue weighted by Crippen LogP contribution is -2.35. The Morgan fingerprint density at radius 2 is 1.85 bits per heavy atom. The standard InChI is InChI=1S/C17H19N3O6S/c1-12-4-7-14(8-5-12)27(24,25)19(2)11-17(21)18-15-10-13(20(22)23)6-9-16(15)26-3/h4-10H,11H2,1-3H3,(H,18,21). The third kappa shape index (κ3) is 4.80. The number of sulfonamides is 1. The summed E-state index contributed by atoms with van der Waals surface area (Å²) in [6, 6.07) is 9.98. The number of nitrogens with zero attached hydrogens (tertiary/aromatic N) is 2. The highest BCUT2D eigenvalue weighted by Gasteiger charge is 2.23. The summed E-state index contributed by atoms with van der Waals surface area (Å²) in [5.41, 5.74) is 0.761. The zero-order valence-corrected chi connectivity index (χ0v) is 15.8. The first-order valence-corrected chi connectivity index (χ1v) is 9.24. The Balaban J connectivity index is 2.16. The number of non-ortho nitro benzene ring substituents is 1. The molecule has 0 bridgehead atoms. The third-order valence-electron chi connectivity index (χ3n) is 3.76. The number of hydrogen-bond donors (Lipinski definition) is 1. The SMILES string of the molecule is COc1ccc([N+](=O)[O-])cc1NC(=O)CN(C)S(=O)(=O)c1ccc(C)cc1. The number of nitro groups is 1. The summed E-state index contributed by atoms with van der Waals surface area (Å²) in [5, 5.41) is 13.3. The van der Waals surface area contributed by atoms with Gasteiger partial charge in [0.15, 0.2) is 0 Å². The smallest absolute Gasteiger partial charge is 0.271 e. The molecule has 144 valence electrons. The summed E-state index contributed by atoms with van der Waals surface area (Å²) >= 11 is 0. The first kappa shape index (κ1) is 20.3. The van der Waals surface area contributed by atoms with Crippen LogP contribution < -0.4 is 10.1 Å². The van der Waals surface area contributed by atoms with E-state index in [0.717, 1.165) is 15.9 Å². The molecule has 0 heterocycles. The van der Waals surface area contributed by atoms with Gasteiger partial charge >= 0.3 is 0 Å². The molecule has 0 saturated carbocycles. The molecule has 2 aromatic carbocycles. The summed E-state index contributed by atoms with van der Waals surface area (Å²) < 4.78 is 31.0. The van der Waals surface area contributed by atoms with E-state index in [1.54, 1.807) is 12.1 Å². The molecule has 0 unspecified atom stereocenters. The van der Waals surface area contributed by atoms with E-state index in [9.17, 15) is 23.3 Å². The maximum absolute atomic E-state index is 12.5. The second-order valence-electron chi connectivity index (χ2n) is 5.76. The fraction of sp³-hybridized carbons (Fsp3) is 0.235. The predicted molar refractivity (Wildman–Crippen MR) is 99.3 cm³/mol. The molecule has 0 saturated heterocycles. The van der Waals surface area contributed by atoms with E-state index in [4.69, 9.17) is 4.74 Å². The molecule has 0 aliphatic rings. The van der Waals surface area contributed by atoms with Crippen molar-refractivity contribution in [2.75, 3.05) is 26.0 Å². The maximum Gasteiger partial charge on any atom is 0.271 e. The van der Waals surface area contributed by atoms with Crippen LogP contribution >= 0.6 is 0 Å². The first-order valence-electron chi connectivity index (χ1n) is 7.80. The van der Waals surface area contributed by atoms with Crippen LogP contribution in [0, 0.1) is 17.0 Å². The van der Waals surface area contributed by atoms with E-state index < -0.39 is 27.4 Å². The molecule has 0 atom stereocenters. The van der Waals surface area contributed by atoms with Gasteiger partial charge in [0, 0.05) is 19.2 Å². The Morgan fingerprint density at radius 3 is 2.41 bits per heavy atom. The molecule has 2 aromatic rings. The van der Waals surface area contributed by atoms with Crippen molar-refractivity contribution in [2.24, 2.45) is 0 Å². The van der Waals surface area contributed by atoms with Crippen molar-refractivity contribution in [3.8, 4) is 5.75 Å². The minimum Gasteiger partial charge on any atom is -0.495 e. The quantitative estimate of drug-likeness (QED) is 0.569. The number of amides is 1. The number of anilines is 1. The number of rotatable bonds is 7. The largest absolute Gasteiger partial charge is 0.495 e. The second-order valence-corrected chi connectivity index (χ2v) is 7.81. The van der Waals surface area contributed by atoms with E-state index in [0.29, 0.717) is 0 Å². The molecule has 0 aliphatic carbocycles. The van der Waals surface area contributed by atoms with Gasteiger partial charge in [0.05, 0.1) is 29.2 Å². The monoisotopic (exact) mass is 393 g/mol. The number of carbonyl (C=O) groups is 1. The number of nitrogens with one attached hydrogen (secondary N) is 1. The number of aryl methyl sites for hydroxylation is 1. The maximum atomic E-state index is 12.5. The van der Waals surface area contributed by atoms with Gasteiger partial charge in [-0.2, -0.15) is 4.31 Å². The lowest BCUT2D eigenvalue weighted by Gasteiger charge is -2.17. The van der Waals surface area contributed by atoms with Crippen LogP contribution in [0.3, 0.4) is 0 Å². The third-order valence-corrected chi connectivity index (χ3v) is 5.58. The van der Waals surface area contributed by atoms with Gasteiger partial charge in [-0.25, -0.2) is 8.42 Å². The van der Waals surface area contributed by atoms with Crippen LogP contribution in [0.1, 0.15) is 5.56 Å². The molecule has 0 spiro atoms. The van der Waals surface area contributed by atoms with Gasteiger partial charge in [-0.1, -0.05) is 17.7 Å². The van der Waals surface area contributed by atoms with Gasteiger partial charge in [0.25, 0.3) is 5.69 Å². The number of ether oxygens (including phenoxy) is 1. The summed E-state index contributed by atoms with van der Waals surface area (Å²) in [6.45, 7) is 1.36. The Kier molecular flexibility index (Phi) is 6.13. The van der Waals surface area contributed by atoms with E-state index in [1.165, 1.54) is 38.4 Å². The molecule has 27 heavy (non-hydrogen) atoms. The van der Waals surface area contributed by atoms with Crippen molar-refractivity contribution < 1.29 is 22.9 Å². The van der Waals surface area contributed by atoms with E-state index in [2.05, 4.69) is 5.32 Å². The summed E-state index contributed by atoms with van der Waals surface area (Å²) in [5.74, 6) is -0.440. The highest BCUT2D eigenvalue weighted by molar-refractivity contribution is 7.89. The van der Waals surface area contributed by atoms with E-state index >= 15 is 0 Å². The van der Waals surface area contributed by atoms with Gasteiger partial charge in [0.1, 0.15) is 5.75 Å². The number of benzene rings is 2. The Bertz CT molecular complexity index is 957. The zero-order valence-electron chi connectivity index (χ0n) is 15.0.